The van der Waals surface area contributed by atoms with Crippen LogP contribution in [0.1, 0.15) is 12.5 Å². The van der Waals surface area contributed by atoms with E-state index < -0.39 is 18.1 Å². The highest BCUT2D eigenvalue weighted by molar-refractivity contribution is 9.10. The number of carbonyl (C=O) groups excluding carboxylic acids is 1. The van der Waals surface area contributed by atoms with E-state index in [1.807, 2.05) is 5.32 Å². The molecule has 0 bridgehead atoms. The number of halogens is 4. The molecule has 1 N–H and O–H groups in total. The number of carbonyl (C=O) groups is 1. The Hall–Kier alpha value is -1.96. The third-order valence-corrected chi connectivity index (χ3v) is 4.30. The number of benzene rings is 1. The molecule has 2 aromatic heterocycles. The Kier molecular flexibility index (Phi) is 3.87. The van der Waals surface area contributed by atoms with Crippen LogP contribution in [0, 0.1) is 0 Å². The van der Waals surface area contributed by atoms with E-state index in [9.17, 15) is 18.0 Å². The first-order valence-electron chi connectivity index (χ1n) is 6.71. The van der Waals surface area contributed by atoms with Crippen LogP contribution in [-0.4, -0.2) is 18.1 Å². The molecule has 3 rings (SSSR count). The highest BCUT2D eigenvalue weighted by atomic mass is 79.9. The summed E-state index contributed by atoms with van der Waals surface area (Å²) in [4.78, 5) is 11.1. The highest BCUT2D eigenvalue weighted by Gasteiger charge is 2.39. The van der Waals surface area contributed by atoms with Gasteiger partial charge in [0.05, 0.1) is 17.0 Å². The van der Waals surface area contributed by atoms with Gasteiger partial charge in [0.2, 0.25) is 0 Å². The fraction of sp³-hybridized carbons (Fsp3) is 0.267. The lowest BCUT2D eigenvalue weighted by molar-refractivity contribution is -0.174. The zero-order valence-corrected chi connectivity index (χ0v) is 13.4. The lowest BCUT2D eigenvalue weighted by Gasteiger charge is -2.16. The number of rotatable bonds is 3. The molecule has 0 aliphatic rings. The first-order chi connectivity index (χ1) is 10.8. The molecule has 4 nitrogen and oxygen atoms in total. The van der Waals surface area contributed by atoms with Crippen LogP contribution in [0.3, 0.4) is 0 Å². The normalized spacial score (nSPS) is 13.6. The first-order valence-corrected chi connectivity index (χ1v) is 7.50. The second kappa shape index (κ2) is 5.59. The molecular weight excluding hydrogens is 379 g/mol. The van der Waals surface area contributed by atoms with Crippen molar-refractivity contribution in [3.8, 4) is 0 Å². The van der Waals surface area contributed by atoms with E-state index in [-0.39, 0.29) is 6.42 Å². The van der Waals surface area contributed by atoms with E-state index in [1.54, 1.807) is 12.1 Å². The number of furan rings is 2. The van der Waals surface area contributed by atoms with Crippen molar-refractivity contribution < 1.29 is 26.8 Å². The Balaban J connectivity index is 1.98. The second-order valence-electron chi connectivity index (χ2n) is 5.20. The number of alkyl halides is 3. The molecule has 0 fully saturated rings. The summed E-state index contributed by atoms with van der Waals surface area (Å²) in [5, 5.41) is 3.44. The number of hydrogen-bond acceptors (Lipinski definition) is 3. The van der Waals surface area contributed by atoms with Gasteiger partial charge >= 0.3 is 12.1 Å². The molecule has 0 radical (unpaired) electrons. The molecule has 3 aromatic rings. The second-order valence-corrected chi connectivity index (χ2v) is 5.99. The quantitative estimate of drug-likeness (QED) is 0.714. The molecule has 2 heterocycles. The standard InChI is InChI=1S/C15H11BrF3NO3/c1-7(20-14(21)15(17,18)19)6-10-8-2-4-23-13(8)11(16)9-3-5-22-12(9)10/h2-5,7H,6H2,1H3,(H,20,21)/t7-/m0/s1. The molecule has 0 spiro atoms. The number of nitrogens with one attached hydrogen (secondary N) is 1. The van der Waals surface area contributed by atoms with Gasteiger partial charge in [-0.1, -0.05) is 0 Å². The van der Waals surface area contributed by atoms with Gasteiger partial charge in [0.25, 0.3) is 0 Å². The van der Waals surface area contributed by atoms with Crippen LogP contribution in [0.15, 0.2) is 38.0 Å². The molecule has 0 aliphatic heterocycles. The van der Waals surface area contributed by atoms with Crippen LogP contribution in [0.2, 0.25) is 0 Å². The predicted molar refractivity (Wildman–Crippen MR) is 81.0 cm³/mol. The van der Waals surface area contributed by atoms with Gasteiger partial charge in [-0.05, 0) is 41.4 Å². The fourth-order valence-corrected chi connectivity index (χ4v) is 3.16. The molecular formula is C15H11BrF3NO3. The van der Waals surface area contributed by atoms with E-state index in [0.717, 1.165) is 15.2 Å². The minimum atomic E-state index is -4.90. The lowest BCUT2D eigenvalue weighted by Crippen LogP contribution is -2.42. The van der Waals surface area contributed by atoms with E-state index in [0.29, 0.717) is 16.7 Å². The number of hydrogen-bond donors (Lipinski definition) is 1. The molecule has 0 saturated carbocycles. The molecule has 1 aromatic carbocycles. The number of fused-ring (bicyclic) bond motifs is 2. The van der Waals surface area contributed by atoms with Gasteiger partial charge in [-0.15, -0.1) is 0 Å². The summed E-state index contributed by atoms with van der Waals surface area (Å²) in [5.74, 6) is -1.96. The highest BCUT2D eigenvalue weighted by Crippen LogP contribution is 2.38. The molecule has 122 valence electrons. The van der Waals surface area contributed by atoms with Crippen molar-refractivity contribution in [1.82, 2.24) is 5.32 Å². The van der Waals surface area contributed by atoms with E-state index >= 15 is 0 Å². The average Bonchev–Trinajstić information content (AvgIpc) is 3.11. The van der Waals surface area contributed by atoms with Gasteiger partial charge in [-0.25, -0.2) is 0 Å². The molecule has 1 amide bonds. The van der Waals surface area contributed by atoms with Crippen LogP contribution in [-0.2, 0) is 11.2 Å². The van der Waals surface area contributed by atoms with E-state index in [2.05, 4.69) is 15.9 Å². The van der Waals surface area contributed by atoms with Gasteiger partial charge < -0.3 is 14.2 Å². The molecule has 8 heteroatoms. The van der Waals surface area contributed by atoms with Crippen LogP contribution in [0.4, 0.5) is 13.2 Å². The summed E-state index contributed by atoms with van der Waals surface area (Å²) in [5.41, 5.74) is 1.83. The minimum absolute atomic E-state index is 0.176. The Morgan fingerprint density at radius 1 is 1.22 bits per heavy atom. The Morgan fingerprint density at radius 2 is 1.83 bits per heavy atom. The third-order valence-electron chi connectivity index (χ3n) is 3.51. The van der Waals surface area contributed by atoms with E-state index in [1.165, 1.54) is 19.5 Å². The maximum Gasteiger partial charge on any atom is 0.471 e. The summed E-state index contributed by atoms with van der Waals surface area (Å²) >= 11 is 3.44. The van der Waals surface area contributed by atoms with Crippen LogP contribution in [0.5, 0.6) is 0 Å². The lowest BCUT2D eigenvalue weighted by atomic mass is 10.0. The van der Waals surface area contributed by atoms with Crippen molar-refractivity contribution in [1.29, 1.82) is 0 Å². The third kappa shape index (κ3) is 2.83. The Bertz CT molecular complexity index is 829. The minimum Gasteiger partial charge on any atom is -0.464 e. The van der Waals surface area contributed by atoms with Crippen molar-refractivity contribution in [2.45, 2.75) is 25.6 Å². The Morgan fingerprint density at radius 3 is 2.48 bits per heavy atom. The monoisotopic (exact) mass is 389 g/mol. The maximum absolute atomic E-state index is 12.4. The fourth-order valence-electron chi connectivity index (χ4n) is 2.54. The molecule has 23 heavy (non-hydrogen) atoms. The van der Waals surface area contributed by atoms with Gasteiger partial charge in [0, 0.05) is 22.4 Å². The van der Waals surface area contributed by atoms with Gasteiger partial charge in [0.1, 0.15) is 11.2 Å². The van der Waals surface area contributed by atoms with Crippen LogP contribution < -0.4 is 5.32 Å². The van der Waals surface area contributed by atoms with Gasteiger partial charge in [-0.2, -0.15) is 13.2 Å². The maximum atomic E-state index is 12.4. The first kappa shape index (κ1) is 15.9. The largest absolute Gasteiger partial charge is 0.471 e. The van der Waals surface area contributed by atoms with Gasteiger partial charge in [0.15, 0.2) is 0 Å². The summed E-state index contributed by atoms with van der Waals surface area (Å²) in [6, 6.07) is 2.73. The zero-order valence-electron chi connectivity index (χ0n) is 11.8. The predicted octanol–water partition coefficient (Wildman–Crippen LogP) is 4.55. The van der Waals surface area contributed by atoms with Crippen molar-refractivity contribution in [2.24, 2.45) is 0 Å². The van der Waals surface area contributed by atoms with Crippen molar-refractivity contribution in [3.05, 3.63) is 34.7 Å². The van der Waals surface area contributed by atoms with Crippen molar-refractivity contribution >= 4 is 43.8 Å². The summed E-state index contributed by atoms with van der Waals surface area (Å²) < 4.78 is 48.7. The molecule has 0 unspecified atom stereocenters. The zero-order chi connectivity index (χ0) is 16.8. The van der Waals surface area contributed by atoms with Crippen molar-refractivity contribution in [3.63, 3.8) is 0 Å². The summed E-state index contributed by atoms with van der Waals surface area (Å²) in [7, 11) is 0. The van der Waals surface area contributed by atoms with Crippen LogP contribution in [0.25, 0.3) is 21.9 Å². The molecule has 1 atom stereocenters. The van der Waals surface area contributed by atoms with Crippen molar-refractivity contribution in [2.75, 3.05) is 0 Å². The van der Waals surface area contributed by atoms with Gasteiger partial charge in [-0.3, -0.25) is 4.79 Å². The summed E-state index contributed by atoms with van der Waals surface area (Å²) in [6.45, 7) is 1.51. The summed E-state index contributed by atoms with van der Waals surface area (Å²) in [6.07, 6.45) is -1.73. The molecule has 0 aliphatic carbocycles. The number of amides is 1. The smallest absolute Gasteiger partial charge is 0.464 e. The average molecular weight is 390 g/mol. The topological polar surface area (TPSA) is 55.4 Å². The van der Waals surface area contributed by atoms with Crippen LogP contribution >= 0.6 is 15.9 Å². The Labute approximate surface area is 136 Å². The van der Waals surface area contributed by atoms with E-state index in [4.69, 9.17) is 8.83 Å². The molecule has 0 saturated heterocycles. The SMILES string of the molecule is C[C@@H](Cc1c2ccoc2c(Br)c2ccoc12)NC(=O)C(F)(F)F.